The zero-order valence-electron chi connectivity index (χ0n) is 17.6. The Morgan fingerprint density at radius 2 is 1.85 bits per heavy atom. The van der Waals surface area contributed by atoms with Crippen LogP contribution in [-0.4, -0.2) is 32.9 Å². The maximum absolute atomic E-state index is 13.8. The third kappa shape index (κ3) is 4.65. The Kier molecular flexibility index (Phi) is 6.15. The lowest BCUT2D eigenvalue weighted by molar-refractivity contribution is -0.141. The van der Waals surface area contributed by atoms with Gasteiger partial charge < -0.3 is 15.2 Å². The Morgan fingerprint density at radius 3 is 2.38 bits per heavy atom. The zero-order chi connectivity index (χ0) is 24.8. The minimum Gasteiger partial charge on any atom is -0.478 e. The second-order valence-corrected chi connectivity index (χ2v) is 8.84. The number of rotatable bonds is 6. The summed E-state index contributed by atoms with van der Waals surface area (Å²) in [4.78, 5) is 24.3. The first-order valence-corrected chi connectivity index (χ1v) is 10.9. The molecule has 1 amide bonds. The number of alkyl halides is 3. The normalized spacial score (nSPS) is 19.2. The maximum atomic E-state index is 13.8. The highest BCUT2D eigenvalue weighted by Gasteiger charge is 2.49. The molecule has 2 aliphatic carbocycles. The molecular weight excluding hydrogens is 498 g/mol. The van der Waals surface area contributed by atoms with Crippen molar-refractivity contribution in [2.75, 3.05) is 0 Å². The average molecular weight is 516 g/mol. The van der Waals surface area contributed by atoms with E-state index in [1.54, 1.807) is 6.08 Å². The Balaban J connectivity index is 1.66. The molecule has 4 rings (SSSR count). The molecule has 2 aliphatic rings. The van der Waals surface area contributed by atoms with E-state index in [-0.39, 0.29) is 22.9 Å². The summed E-state index contributed by atoms with van der Waals surface area (Å²) in [6, 6.07) is 5.82. The molecule has 1 aromatic heterocycles. The molecule has 1 aromatic carbocycles. The van der Waals surface area contributed by atoms with Crippen molar-refractivity contribution < 1.29 is 32.6 Å². The van der Waals surface area contributed by atoms with Crippen LogP contribution < -0.4 is 10.1 Å². The minimum absolute atomic E-state index is 0.0570. The number of carboxylic acid groups (broad SMARTS) is 1. The number of ether oxygens (including phenoxy) is 1. The number of benzene rings is 1. The third-order valence-corrected chi connectivity index (χ3v) is 6.41. The molecule has 7 nitrogen and oxygen atoms in total. The number of hydrogen-bond acceptors (Lipinski definition) is 4. The fourth-order valence-electron chi connectivity index (χ4n) is 3.72. The molecule has 180 valence electrons. The van der Waals surface area contributed by atoms with Gasteiger partial charge in [-0.05, 0) is 36.6 Å². The van der Waals surface area contributed by atoms with Crippen molar-refractivity contribution in [1.82, 2.24) is 15.1 Å². The van der Waals surface area contributed by atoms with E-state index in [4.69, 9.17) is 33.0 Å². The summed E-state index contributed by atoms with van der Waals surface area (Å²) in [5.74, 6) is -2.48. The molecule has 12 heteroatoms. The monoisotopic (exact) mass is 515 g/mol. The number of carbonyl (C=O) groups excluding carboxylic acids is 1. The highest BCUT2D eigenvalue weighted by molar-refractivity contribution is 6.44. The Labute approximate surface area is 201 Å². The molecule has 0 saturated heterocycles. The fourth-order valence-corrected chi connectivity index (χ4v) is 4.09. The summed E-state index contributed by atoms with van der Waals surface area (Å²) < 4.78 is 47.9. The van der Waals surface area contributed by atoms with E-state index in [9.17, 15) is 22.8 Å². The molecule has 34 heavy (non-hydrogen) atoms. The Hall–Kier alpha value is -2.98. The highest BCUT2D eigenvalue weighted by Crippen LogP contribution is 2.46. The van der Waals surface area contributed by atoms with Crippen LogP contribution in [0.3, 0.4) is 0 Å². The summed E-state index contributed by atoms with van der Waals surface area (Å²) in [5.41, 5.74) is -2.38. The number of allylic oxidation sites excluding steroid dienone is 2. The second kappa shape index (κ2) is 8.66. The lowest BCUT2D eigenvalue weighted by Gasteiger charge is -2.21. The maximum Gasteiger partial charge on any atom is 0.436 e. The van der Waals surface area contributed by atoms with Gasteiger partial charge in [0.15, 0.2) is 5.69 Å². The highest BCUT2D eigenvalue weighted by atomic mass is 35.5. The van der Waals surface area contributed by atoms with Crippen molar-refractivity contribution >= 4 is 35.1 Å². The van der Waals surface area contributed by atoms with Gasteiger partial charge in [-0.2, -0.15) is 18.3 Å². The number of aryl methyl sites for hydroxylation is 1. The predicted molar refractivity (Wildman–Crippen MR) is 117 cm³/mol. The van der Waals surface area contributed by atoms with Gasteiger partial charge in [0.25, 0.3) is 5.91 Å². The number of halogens is 5. The van der Waals surface area contributed by atoms with E-state index in [1.165, 1.54) is 37.4 Å². The van der Waals surface area contributed by atoms with Crippen LogP contribution in [0.25, 0.3) is 0 Å². The van der Waals surface area contributed by atoms with Gasteiger partial charge in [0, 0.05) is 13.5 Å². The van der Waals surface area contributed by atoms with Crippen molar-refractivity contribution in [1.29, 1.82) is 0 Å². The first-order chi connectivity index (χ1) is 15.9. The largest absolute Gasteiger partial charge is 0.478 e. The van der Waals surface area contributed by atoms with Crippen LogP contribution in [0.4, 0.5) is 13.2 Å². The number of aromatic carboxylic acids is 1. The number of nitrogens with zero attached hydrogens (tertiary/aromatic N) is 2. The molecule has 2 N–H and O–H groups in total. The molecule has 0 aliphatic heterocycles. The molecule has 0 spiro atoms. The summed E-state index contributed by atoms with van der Waals surface area (Å²) in [6.45, 7) is 0. The van der Waals surface area contributed by atoms with Crippen molar-refractivity contribution in [3.63, 3.8) is 0 Å². The molecule has 1 fully saturated rings. The van der Waals surface area contributed by atoms with Crippen LogP contribution >= 0.6 is 23.2 Å². The van der Waals surface area contributed by atoms with Gasteiger partial charge in [-0.25, -0.2) is 9.48 Å². The van der Waals surface area contributed by atoms with Crippen molar-refractivity contribution in [2.45, 2.75) is 37.1 Å². The minimum atomic E-state index is -4.91. The summed E-state index contributed by atoms with van der Waals surface area (Å²) in [6.07, 6.45) is -1.46. The van der Waals surface area contributed by atoms with Crippen molar-refractivity contribution in [3.8, 4) is 5.88 Å². The lowest BCUT2D eigenvalue weighted by Crippen LogP contribution is -2.36. The Morgan fingerprint density at radius 1 is 1.21 bits per heavy atom. The van der Waals surface area contributed by atoms with Crippen LogP contribution in [0.1, 0.15) is 51.2 Å². The van der Waals surface area contributed by atoms with Crippen LogP contribution in [0.5, 0.6) is 5.88 Å². The van der Waals surface area contributed by atoms with E-state index in [2.05, 4.69) is 10.4 Å². The zero-order valence-corrected chi connectivity index (χ0v) is 19.1. The molecule has 1 unspecified atom stereocenters. The van der Waals surface area contributed by atoms with Gasteiger partial charge in [-0.1, -0.05) is 41.4 Å². The van der Waals surface area contributed by atoms with Gasteiger partial charge in [-0.3, -0.25) is 4.79 Å². The van der Waals surface area contributed by atoms with Gasteiger partial charge >= 0.3 is 12.1 Å². The van der Waals surface area contributed by atoms with Crippen LogP contribution in [0, 0.1) is 0 Å². The van der Waals surface area contributed by atoms with Crippen LogP contribution in [-0.2, 0) is 18.8 Å². The number of amides is 1. The smallest absolute Gasteiger partial charge is 0.436 e. The first kappa shape index (κ1) is 24.2. The summed E-state index contributed by atoms with van der Waals surface area (Å²) in [7, 11) is 1.25. The van der Waals surface area contributed by atoms with Crippen LogP contribution in [0.2, 0.25) is 0 Å². The van der Waals surface area contributed by atoms with Gasteiger partial charge in [0.2, 0.25) is 5.88 Å². The molecular formula is C22H18Cl2F3N3O4. The molecule has 1 saturated carbocycles. The van der Waals surface area contributed by atoms with E-state index in [1.807, 2.05) is 0 Å². The molecule has 1 atom stereocenters. The second-order valence-electron chi connectivity index (χ2n) is 8.03. The van der Waals surface area contributed by atoms with E-state index in [0.29, 0.717) is 23.4 Å². The number of nitrogens with one attached hydrogen (secondary N) is 1. The van der Waals surface area contributed by atoms with Crippen molar-refractivity contribution in [3.05, 3.63) is 68.9 Å². The number of hydrogen-bond donors (Lipinski definition) is 2. The number of aromatic nitrogens is 2. The average Bonchev–Trinajstić information content (AvgIpc) is 3.46. The quantitative estimate of drug-likeness (QED) is 0.567. The van der Waals surface area contributed by atoms with Crippen molar-refractivity contribution in [2.24, 2.45) is 7.05 Å². The Bertz CT molecular complexity index is 1220. The lowest BCUT2D eigenvalue weighted by atomic mass is 10.0. The fraction of sp³-hybridized carbons (Fsp3) is 0.318. The number of carbonyl (C=O) groups is 2. The molecule has 2 aromatic rings. The molecule has 0 radical (unpaired) electrons. The standard InChI is InChI=1S/C22H18Cl2F3N3O4/c1-30-19(34-13-6-7-14(23)15(24)10-13)16(17(29-30)22(25,26)27)18(31)28-21(8-9-21)12-4-2-11(3-5-12)20(32)33/h2-5,7,10,13H,6,8-9H2,1H3,(H,28,31)(H,32,33). The van der Waals surface area contributed by atoms with Gasteiger partial charge in [-0.15, -0.1) is 0 Å². The van der Waals surface area contributed by atoms with E-state index >= 15 is 0 Å². The van der Waals surface area contributed by atoms with Gasteiger partial charge in [0.05, 0.1) is 21.2 Å². The molecule has 1 heterocycles. The van der Waals surface area contributed by atoms with Crippen LogP contribution in [0.15, 0.2) is 46.5 Å². The topological polar surface area (TPSA) is 93.5 Å². The number of carboxylic acids is 1. The predicted octanol–water partition coefficient (Wildman–Crippen LogP) is 4.95. The summed E-state index contributed by atoms with van der Waals surface area (Å²) >= 11 is 11.9. The van der Waals surface area contributed by atoms with E-state index < -0.39 is 41.0 Å². The summed E-state index contributed by atoms with van der Waals surface area (Å²) in [5, 5.41) is 15.7. The van der Waals surface area contributed by atoms with E-state index in [0.717, 1.165) is 4.68 Å². The molecule has 0 bridgehead atoms. The first-order valence-electron chi connectivity index (χ1n) is 10.1. The third-order valence-electron chi connectivity index (χ3n) is 5.63. The van der Waals surface area contributed by atoms with Gasteiger partial charge in [0.1, 0.15) is 11.7 Å². The SMILES string of the molecule is Cn1nc(C(F)(F)F)c(C(=O)NC2(c3ccc(C(=O)O)cc3)CC2)c1OC1C=C(Cl)C(Cl)=CC1.